The second kappa shape index (κ2) is 8.03. The number of rotatable bonds is 6. The Labute approximate surface area is 131 Å². The van der Waals surface area contributed by atoms with Crippen molar-refractivity contribution in [1.82, 2.24) is 0 Å². The Morgan fingerprint density at radius 2 is 2.27 bits per heavy atom. The molecule has 5 heteroatoms. The summed E-state index contributed by atoms with van der Waals surface area (Å²) in [5.74, 6) is 0.656. The minimum Gasteiger partial charge on any atom is -0.488 e. The molecule has 0 bridgehead atoms. The van der Waals surface area contributed by atoms with Crippen LogP contribution in [0.15, 0.2) is 18.2 Å². The molecule has 1 fully saturated rings. The van der Waals surface area contributed by atoms with E-state index in [1.54, 1.807) is 6.07 Å². The zero-order valence-corrected chi connectivity index (χ0v) is 13.6. The van der Waals surface area contributed by atoms with Gasteiger partial charge in [0.1, 0.15) is 5.56 Å². The zero-order valence-electron chi connectivity index (χ0n) is 13.6. The number of para-hydroxylation sites is 1. The number of ether oxygens (including phenoxy) is 3. The lowest BCUT2D eigenvalue weighted by Crippen LogP contribution is -2.24. The molecule has 2 rings (SSSR count). The average molecular weight is 307 g/mol. The second-order valence-electron chi connectivity index (χ2n) is 5.80. The van der Waals surface area contributed by atoms with E-state index >= 15 is 0 Å². The van der Waals surface area contributed by atoms with Crippen LogP contribution < -0.4 is 10.1 Å². The summed E-state index contributed by atoms with van der Waals surface area (Å²) in [5, 5.41) is 3.39. The van der Waals surface area contributed by atoms with Gasteiger partial charge in [-0.1, -0.05) is 6.07 Å². The quantitative estimate of drug-likeness (QED) is 0.818. The van der Waals surface area contributed by atoms with Crippen LogP contribution >= 0.6 is 0 Å². The summed E-state index contributed by atoms with van der Waals surface area (Å²) >= 11 is 0. The first-order chi connectivity index (χ1) is 10.6. The van der Waals surface area contributed by atoms with Crippen molar-refractivity contribution in [2.24, 2.45) is 5.92 Å². The Morgan fingerprint density at radius 3 is 2.91 bits per heavy atom. The largest absolute Gasteiger partial charge is 0.488 e. The van der Waals surface area contributed by atoms with E-state index in [1.807, 2.05) is 26.0 Å². The third-order valence-corrected chi connectivity index (χ3v) is 3.61. The first-order valence-electron chi connectivity index (χ1n) is 7.81. The molecule has 1 aliphatic rings. The van der Waals surface area contributed by atoms with E-state index in [0.29, 0.717) is 17.2 Å². The summed E-state index contributed by atoms with van der Waals surface area (Å²) in [6, 6.07) is 5.48. The van der Waals surface area contributed by atoms with Crippen molar-refractivity contribution >= 4 is 11.7 Å². The van der Waals surface area contributed by atoms with Gasteiger partial charge < -0.3 is 19.5 Å². The van der Waals surface area contributed by atoms with Crippen molar-refractivity contribution < 1.29 is 19.0 Å². The van der Waals surface area contributed by atoms with Crippen molar-refractivity contribution in [1.29, 1.82) is 0 Å². The van der Waals surface area contributed by atoms with Crippen LogP contribution in [0.2, 0.25) is 0 Å². The molecule has 1 aliphatic heterocycles. The summed E-state index contributed by atoms with van der Waals surface area (Å²) in [4.78, 5) is 11.9. The minimum absolute atomic E-state index is 0.0237. The number of carbonyl (C=O) groups is 1. The van der Waals surface area contributed by atoms with E-state index in [0.717, 1.165) is 38.3 Å². The summed E-state index contributed by atoms with van der Waals surface area (Å²) in [6.45, 7) is 6.32. The van der Waals surface area contributed by atoms with E-state index in [2.05, 4.69) is 5.32 Å². The van der Waals surface area contributed by atoms with Crippen LogP contribution in [-0.4, -0.2) is 38.9 Å². The van der Waals surface area contributed by atoms with Crippen molar-refractivity contribution in [3.63, 3.8) is 0 Å². The molecule has 1 heterocycles. The molecule has 1 N–H and O–H groups in total. The maximum Gasteiger partial charge on any atom is 0.341 e. The van der Waals surface area contributed by atoms with Gasteiger partial charge in [0.25, 0.3) is 0 Å². The van der Waals surface area contributed by atoms with E-state index in [-0.39, 0.29) is 12.1 Å². The molecule has 0 radical (unpaired) electrons. The highest BCUT2D eigenvalue weighted by Gasteiger charge is 2.19. The lowest BCUT2D eigenvalue weighted by atomic mass is 10.0. The van der Waals surface area contributed by atoms with E-state index in [1.165, 1.54) is 7.11 Å². The van der Waals surface area contributed by atoms with Gasteiger partial charge in [-0.3, -0.25) is 0 Å². The number of carbonyl (C=O) groups excluding carboxylic acids is 1. The lowest BCUT2D eigenvalue weighted by molar-refractivity contribution is 0.0589. The summed E-state index contributed by atoms with van der Waals surface area (Å²) in [6.07, 6.45) is 2.23. The predicted molar refractivity (Wildman–Crippen MR) is 85.6 cm³/mol. The zero-order chi connectivity index (χ0) is 15.9. The predicted octanol–water partition coefficient (Wildman–Crippen LogP) is 3.10. The van der Waals surface area contributed by atoms with Gasteiger partial charge in [0.15, 0.2) is 5.75 Å². The van der Waals surface area contributed by atoms with E-state index in [4.69, 9.17) is 14.2 Å². The number of benzene rings is 1. The van der Waals surface area contributed by atoms with Gasteiger partial charge >= 0.3 is 5.97 Å². The SMILES string of the molecule is COC(=O)c1cccc(NCC2CCCOC2)c1OC(C)C. The fourth-order valence-corrected chi connectivity index (χ4v) is 2.53. The van der Waals surface area contributed by atoms with Gasteiger partial charge in [-0.2, -0.15) is 0 Å². The molecule has 0 saturated carbocycles. The Balaban J connectivity index is 2.15. The van der Waals surface area contributed by atoms with Crippen LogP contribution in [0.3, 0.4) is 0 Å². The molecule has 1 atom stereocenters. The van der Waals surface area contributed by atoms with Crippen LogP contribution in [0.25, 0.3) is 0 Å². The van der Waals surface area contributed by atoms with Gasteiger partial charge in [0.05, 0.1) is 25.5 Å². The molecule has 0 spiro atoms. The number of anilines is 1. The van der Waals surface area contributed by atoms with Crippen LogP contribution in [0.4, 0.5) is 5.69 Å². The van der Waals surface area contributed by atoms with Crippen molar-refractivity contribution in [3.8, 4) is 5.75 Å². The lowest BCUT2D eigenvalue weighted by Gasteiger charge is -2.24. The highest BCUT2D eigenvalue weighted by Crippen LogP contribution is 2.31. The molecule has 1 saturated heterocycles. The molecule has 1 aromatic rings. The Bertz CT molecular complexity index is 495. The monoisotopic (exact) mass is 307 g/mol. The van der Waals surface area contributed by atoms with E-state index in [9.17, 15) is 4.79 Å². The fraction of sp³-hybridized carbons (Fsp3) is 0.588. The number of hydrogen-bond donors (Lipinski definition) is 1. The Kier molecular flexibility index (Phi) is 6.07. The third kappa shape index (κ3) is 4.37. The number of methoxy groups -OCH3 is 1. The molecule has 1 aromatic carbocycles. The number of esters is 1. The molecule has 0 aromatic heterocycles. The van der Waals surface area contributed by atoms with Crippen molar-refractivity contribution in [3.05, 3.63) is 23.8 Å². The standard InChI is InChI=1S/C17H25NO4/c1-12(2)22-16-14(17(19)20-3)7-4-8-15(16)18-10-13-6-5-9-21-11-13/h4,7-8,12-13,18H,5-6,9-11H2,1-3H3. The van der Waals surface area contributed by atoms with Crippen LogP contribution in [0.1, 0.15) is 37.0 Å². The normalized spacial score (nSPS) is 18.1. The smallest absolute Gasteiger partial charge is 0.341 e. The molecular weight excluding hydrogens is 282 g/mol. The highest BCUT2D eigenvalue weighted by atomic mass is 16.5. The Morgan fingerprint density at radius 1 is 1.45 bits per heavy atom. The highest BCUT2D eigenvalue weighted by molar-refractivity contribution is 5.94. The molecule has 5 nitrogen and oxygen atoms in total. The first-order valence-corrected chi connectivity index (χ1v) is 7.81. The van der Waals surface area contributed by atoms with Crippen molar-refractivity contribution in [2.75, 3.05) is 32.2 Å². The van der Waals surface area contributed by atoms with Crippen LogP contribution in [0.5, 0.6) is 5.75 Å². The van der Waals surface area contributed by atoms with Gasteiger partial charge in [-0.05, 0) is 44.7 Å². The average Bonchev–Trinajstić information content (AvgIpc) is 2.53. The number of hydrogen-bond acceptors (Lipinski definition) is 5. The van der Waals surface area contributed by atoms with E-state index < -0.39 is 0 Å². The van der Waals surface area contributed by atoms with Gasteiger partial charge in [-0.15, -0.1) is 0 Å². The molecule has 122 valence electrons. The maximum absolute atomic E-state index is 11.9. The number of nitrogens with one attached hydrogen (secondary N) is 1. The minimum atomic E-state index is -0.389. The third-order valence-electron chi connectivity index (χ3n) is 3.61. The molecule has 22 heavy (non-hydrogen) atoms. The summed E-state index contributed by atoms with van der Waals surface area (Å²) in [7, 11) is 1.38. The maximum atomic E-state index is 11.9. The fourth-order valence-electron chi connectivity index (χ4n) is 2.53. The second-order valence-corrected chi connectivity index (χ2v) is 5.80. The molecular formula is C17H25NO4. The van der Waals surface area contributed by atoms with Crippen LogP contribution in [-0.2, 0) is 9.47 Å². The summed E-state index contributed by atoms with van der Waals surface area (Å²) < 4.78 is 16.2. The van der Waals surface area contributed by atoms with Crippen LogP contribution in [0, 0.1) is 5.92 Å². The molecule has 0 aliphatic carbocycles. The Hall–Kier alpha value is -1.75. The van der Waals surface area contributed by atoms with Crippen molar-refractivity contribution in [2.45, 2.75) is 32.8 Å². The molecule has 1 unspecified atom stereocenters. The topological polar surface area (TPSA) is 56.8 Å². The first kappa shape index (κ1) is 16.6. The summed E-state index contributed by atoms with van der Waals surface area (Å²) in [5.41, 5.74) is 1.27. The van der Waals surface area contributed by atoms with Gasteiger partial charge in [0.2, 0.25) is 0 Å². The molecule has 0 amide bonds. The van der Waals surface area contributed by atoms with Gasteiger partial charge in [0, 0.05) is 13.2 Å². The van der Waals surface area contributed by atoms with Gasteiger partial charge in [-0.25, -0.2) is 4.79 Å².